The molecule has 3 heterocycles. The minimum Gasteiger partial charge on any atom is -0.454 e. The minimum absolute atomic E-state index is 0.176. The molecule has 1 N–H and O–H groups in total. The zero-order valence-electron chi connectivity index (χ0n) is 23.2. The molecule has 0 spiro atoms. The molecule has 1 aliphatic heterocycles. The standard InChI is InChI=1S/C34H32N4O3S/c39-34(36-20-25-13-16-35-17-14-25)30-23-42-33(37-30)22-38(21-26-11-12-31-32(19-26)41-24-40-31)18-15-29(27-7-3-1-4-8-27)28-9-5-2-6-10-28/h1-14,16-17,19,23,29H,15,18,20-22,24H2,(H,36,39). The number of thiazole rings is 1. The number of hydrogen-bond acceptors (Lipinski definition) is 7. The molecule has 1 aliphatic rings. The van der Waals surface area contributed by atoms with Crippen molar-refractivity contribution in [2.45, 2.75) is 32.0 Å². The molecule has 0 radical (unpaired) electrons. The molecule has 0 unspecified atom stereocenters. The van der Waals surface area contributed by atoms with Gasteiger partial charge in [-0.3, -0.25) is 14.7 Å². The maximum atomic E-state index is 12.8. The molecule has 0 aliphatic carbocycles. The average Bonchev–Trinajstić information content (AvgIpc) is 3.71. The smallest absolute Gasteiger partial charge is 0.271 e. The molecule has 0 saturated carbocycles. The molecule has 2 aromatic heterocycles. The third-order valence-electron chi connectivity index (χ3n) is 7.33. The molecule has 0 atom stereocenters. The fraction of sp³-hybridized carbons (Fsp3) is 0.206. The van der Waals surface area contributed by atoms with Crippen molar-refractivity contribution in [2.75, 3.05) is 13.3 Å². The number of carbonyl (C=O) groups excluding carboxylic acids is 1. The number of ether oxygens (including phenoxy) is 2. The van der Waals surface area contributed by atoms with Crippen LogP contribution in [0.15, 0.2) is 109 Å². The Kier molecular flexibility index (Phi) is 8.83. The fourth-order valence-electron chi connectivity index (χ4n) is 5.17. The van der Waals surface area contributed by atoms with Crippen LogP contribution in [0.2, 0.25) is 0 Å². The van der Waals surface area contributed by atoms with Gasteiger partial charge in [0.05, 0.1) is 6.54 Å². The van der Waals surface area contributed by atoms with E-state index in [0.29, 0.717) is 18.8 Å². The van der Waals surface area contributed by atoms with E-state index in [1.807, 2.05) is 23.6 Å². The highest BCUT2D eigenvalue weighted by Gasteiger charge is 2.20. The van der Waals surface area contributed by atoms with E-state index in [1.54, 1.807) is 12.4 Å². The van der Waals surface area contributed by atoms with Crippen molar-refractivity contribution in [2.24, 2.45) is 0 Å². The van der Waals surface area contributed by atoms with Gasteiger partial charge in [0.25, 0.3) is 5.91 Å². The second-order valence-corrected chi connectivity index (χ2v) is 11.2. The lowest BCUT2D eigenvalue weighted by Gasteiger charge is -2.25. The molecule has 1 amide bonds. The van der Waals surface area contributed by atoms with E-state index in [0.717, 1.165) is 47.1 Å². The number of nitrogens with one attached hydrogen (secondary N) is 1. The van der Waals surface area contributed by atoms with Crippen molar-refractivity contribution in [3.63, 3.8) is 0 Å². The summed E-state index contributed by atoms with van der Waals surface area (Å²) in [4.78, 5) is 24.0. The first kappa shape index (κ1) is 27.6. The predicted octanol–water partition coefficient (Wildman–Crippen LogP) is 6.42. The van der Waals surface area contributed by atoms with Gasteiger partial charge in [-0.1, -0.05) is 66.7 Å². The lowest BCUT2D eigenvalue weighted by molar-refractivity contribution is 0.0946. The van der Waals surface area contributed by atoms with Crippen LogP contribution >= 0.6 is 11.3 Å². The van der Waals surface area contributed by atoms with E-state index >= 15 is 0 Å². The molecular weight excluding hydrogens is 544 g/mol. The topological polar surface area (TPSA) is 76.6 Å². The van der Waals surface area contributed by atoms with Gasteiger partial charge in [0.1, 0.15) is 10.7 Å². The summed E-state index contributed by atoms with van der Waals surface area (Å²) in [6.45, 7) is 2.88. The van der Waals surface area contributed by atoms with Crippen molar-refractivity contribution in [1.29, 1.82) is 0 Å². The van der Waals surface area contributed by atoms with Crippen LogP contribution in [0, 0.1) is 0 Å². The highest BCUT2D eigenvalue weighted by molar-refractivity contribution is 7.09. The van der Waals surface area contributed by atoms with Crippen molar-refractivity contribution in [3.8, 4) is 11.5 Å². The number of nitrogens with zero attached hydrogens (tertiary/aromatic N) is 3. The Bertz CT molecular complexity index is 1560. The third kappa shape index (κ3) is 7.02. The number of pyridine rings is 1. The lowest BCUT2D eigenvalue weighted by atomic mass is 9.88. The maximum absolute atomic E-state index is 12.8. The minimum atomic E-state index is -0.176. The van der Waals surface area contributed by atoms with Crippen LogP contribution in [0.25, 0.3) is 0 Å². The van der Waals surface area contributed by atoms with Gasteiger partial charge in [-0.25, -0.2) is 4.98 Å². The van der Waals surface area contributed by atoms with E-state index in [1.165, 1.54) is 22.5 Å². The van der Waals surface area contributed by atoms with Crippen LogP contribution in [0.5, 0.6) is 11.5 Å². The maximum Gasteiger partial charge on any atom is 0.271 e. The van der Waals surface area contributed by atoms with Crippen LogP contribution < -0.4 is 14.8 Å². The van der Waals surface area contributed by atoms with Gasteiger partial charge in [-0.15, -0.1) is 11.3 Å². The van der Waals surface area contributed by atoms with Crippen LogP contribution in [0.3, 0.4) is 0 Å². The van der Waals surface area contributed by atoms with E-state index in [9.17, 15) is 4.79 Å². The van der Waals surface area contributed by atoms with E-state index < -0.39 is 0 Å². The first-order valence-electron chi connectivity index (χ1n) is 14.0. The Balaban J connectivity index is 1.18. The summed E-state index contributed by atoms with van der Waals surface area (Å²) in [6.07, 6.45) is 4.37. The molecule has 42 heavy (non-hydrogen) atoms. The van der Waals surface area contributed by atoms with Crippen LogP contribution in [-0.2, 0) is 19.6 Å². The zero-order valence-corrected chi connectivity index (χ0v) is 24.0. The lowest BCUT2D eigenvalue weighted by Crippen LogP contribution is -2.26. The normalized spacial score (nSPS) is 12.1. The Morgan fingerprint density at radius 1 is 0.857 bits per heavy atom. The fourth-order valence-corrected chi connectivity index (χ4v) is 5.99. The zero-order chi connectivity index (χ0) is 28.6. The Morgan fingerprint density at radius 3 is 2.31 bits per heavy atom. The summed E-state index contributed by atoms with van der Waals surface area (Å²) in [5, 5.41) is 5.70. The summed E-state index contributed by atoms with van der Waals surface area (Å²) in [7, 11) is 0. The van der Waals surface area contributed by atoms with Crippen molar-refractivity contribution in [1.82, 2.24) is 20.2 Å². The summed E-state index contributed by atoms with van der Waals surface area (Å²) in [5.41, 5.74) is 5.18. The molecule has 6 rings (SSSR count). The first-order valence-corrected chi connectivity index (χ1v) is 14.9. The van der Waals surface area contributed by atoms with Crippen LogP contribution in [0.4, 0.5) is 0 Å². The van der Waals surface area contributed by atoms with Crippen molar-refractivity contribution < 1.29 is 14.3 Å². The predicted molar refractivity (Wildman–Crippen MR) is 164 cm³/mol. The number of benzene rings is 3. The van der Waals surface area contributed by atoms with Gasteiger partial charge in [0, 0.05) is 36.8 Å². The summed E-state index contributed by atoms with van der Waals surface area (Å²) >= 11 is 1.52. The van der Waals surface area contributed by atoms with Crippen LogP contribution in [-0.4, -0.2) is 34.1 Å². The number of amides is 1. The molecular formula is C34H32N4O3S. The molecule has 8 heteroatoms. The molecule has 5 aromatic rings. The number of rotatable bonds is 12. The Morgan fingerprint density at radius 2 is 1.57 bits per heavy atom. The quantitative estimate of drug-likeness (QED) is 0.185. The van der Waals surface area contributed by atoms with Crippen LogP contribution in [0.1, 0.15) is 50.1 Å². The highest BCUT2D eigenvalue weighted by atomic mass is 32.1. The van der Waals surface area contributed by atoms with Gasteiger partial charge in [0.15, 0.2) is 11.5 Å². The molecule has 0 fully saturated rings. The molecule has 0 bridgehead atoms. The second-order valence-electron chi connectivity index (χ2n) is 10.2. The Labute approximate surface area is 249 Å². The van der Waals surface area contributed by atoms with Gasteiger partial charge in [-0.2, -0.15) is 0 Å². The largest absolute Gasteiger partial charge is 0.454 e. The highest BCUT2D eigenvalue weighted by Crippen LogP contribution is 2.33. The molecule has 0 saturated heterocycles. The second kappa shape index (κ2) is 13.4. The Hall–Kier alpha value is -4.53. The number of fused-ring (bicyclic) bond motifs is 1. The van der Waals surface area contributed by atoms with Gasteiger partial charge in [-0.05, 0) is 59.5 Å². The van der Waals surface area contributed by atoms with Crippen molar-refractivity contribution in [3.05, 3.63) is 142 Å². The average molecular weight is 577 g/mol. The van der Waals surface area contributed by atoms with E-state index in [4.69, 9.17) is 14.5 Å². The van der Waals surface area contributed by atoms with Crippen molar-refractivity contribution >= 4 is 17.2 Å². The third-order valence-corrected chi connectivity index (χ3v) is 8.16. The number of hydrogen-bond donors (Lipinski definition) is 1. The molecule has 212 valence electrons. The molecule has 7 nitrogen and oxygen atoms in total. The van der Waals surface area contributed by atoms with Gasteiger partial charge in [0.2, 0.25) is 6.79 Å². The summed E-state index contributed by atoms with van der Waals surface area (Å²) in [5.74, 6) is 1.64. The number of aromatic nitrogens is 2. The number of carbonyl (C=O) groups is 1. The summed E-state index contributed by atoms with van der Waals surface area (Å²) in [6, 6.07) is 31.3. The van der Waals surface area contributed by atoms with E-state index in [2.05, 4.69) is 88.0 Å². The van der Waals surface area contributed by atoms with Gasteiger partial charge < -0.3 is 14.8 Å². The first-order chi connectivity index (χ1) is 20.7. The van der Waals surface area contributed by atoms with Gasteiger partial charge >= 0.3 is 0 Å². The SMILES string of the molecule is O=C(NCc1ccncc1)c1csc(CN(CCC(c2ccccc2)c2ccccc2)Cc2ccc3c(c2)OCO3)n1. The van der Waals surface area contributed by atoms with E-state index in [-0.39, 0.29) is 18.6 Å². The molecule has 3 aromatic carbocycles. The summed E-state index contributed by atoms with van der Waals surface area (Å²) < 4.78 is 11.2. The monoisotopic (exact) mass is 576 g/mol.